The molecule has 2 fully saturated rings. The van der Waals surface area contributed by atoms with Gasteiger partial charge >= 0.3 is 0 Å². The molecule has 0 saturated carbocycles. The fraction of sp³-hybridized carbons (Fsp3) is 0.900. The Morgan fingerprint density at radius 3 is 3.00 bits per heavy atom. The van der Waals surface area contributed by atoms with E-state index in [1.54, 1.807) is 0 Å². The molecular weight excluding hydrogens is 194 g/mol. The Labute approximate surface area is 90.1 Å². The first-order chi connectivity index (χ1) is 7.29. The normalized spacial score (nSPS) is 30.3. The van der Waals surface area contributed by atoms with Gasteiger partial charge in [0.1, 0.15) is 0 Å². The topological polar surface area (TPSA) is 53.6 Å². The molecule has 0 aromatic heterocycles. The zero-order valence-corrected chi connectivity index (χ0v) is 9.16. The number of piperazine rings is 1. The summed E-state index contributed by atoms with van der Waals surface area (Å²) in [5.41, 5.74) is 0. The molecule has 2 heterocycles. The van der Waals surface area contributed by atoms with Gasteiger partial charge in [-0.05, 0) is 6.92 Å². The molecule has 0 radical (unpaired) electrons. The predicted octanol–water partition coefficient (Wildman–Crippen LogP) is -1.20. The van der Waals surface area contributed by atoms with E-state index >= 15 is 0 Å². The van der Waals surface area contributed by atoms with E-state index in [9.17, 15) is 4.79 Å². The van der Waals surface area contributed by atoms with Crippen molar-refractivity contribution in [3.8, 4) is 0 Å². The number of nitrogens with zero attached hydrogens (tertiary/aromatic N) is 1. The van der Waals surface area contributed by atoms with Gasteiger partial charge in [-0.15, -0.1) is 0 Å². The van der Waals surface area contributed by atoms with Crippen LogP contribution in [0.25, 0.3) is 0 Å². The lowest BCUT2D eigenvalue weighted by molar-refractivity contribution is -0.138. The number of hydrogen-bond acceptors (Lipinski definition) is 4. The highest BCUT2D eigenvalue weighted by molar-refractivity contribution is 5.79. The van der Waals surface area contributed by atoms with Crippen LogP contribution < -0.4 is 10.6 Å². The van der Waals surface area contributed by atoms with Crippen LogP contribution in [0.15, 0.2) is 0 Å². The van der Waals surface area contributed by atoms with Crippen molar-refractivity contribution in [1.29, 1.82) is 0 Å². The van der Waals surface area contributed by atoms with E-state index in [1.807, 2.05) is 4.90 Å². The summed E-state index contributed by atoms with van der Waals surface area (Å²) < 4.78 is 5.66. The lowest BCUT2D eigenvalue weighted by Crippen LogP contribution is -2.58. The summed E-state index contributed by atoms with van der Waals surface area (Å²) in [7, 11) is 0. The van der Waals surface area contributed by atoms with E-state index in [0.717, 1.165) is 32.8 Å². The third-order valence-corrected chi connectivity index (χ3v) is 3.11. The highest BCUT2D eigenvalue weighted by Crippen LogP contribution is 2.11. The van der Waals surface area contributed by atoms with Crippen molar-refractivity contribution >= 4 is 5.91 Å². The zero-order valence-electron chi connectivity index (χ0n) is 9.16. The Morgan fingerprint density at radius 2 is 2.33 bits per heavy atom. The van der Waals surface area contributed by atoms with Crippen LogP contribution in [-0.4, -0.2) is 62.3 Å². The van der Waals surface area contributed by atoms with Crippen LogP contribution in [0.1, 0.15) is 6.92 Å². The second kappa shape index (κ2) is 4.92. The molecule has 0 spiro atoms. The monoisotopic (exact) mass is 213 g/mol. The third-order valence-electron chi connectivity index (χ3n) is 3.11. The van der Waals surface area contributed by atoms with Crippen LogP contribution in [0.2, 0.25) is 0 Å². The summed E-state index contributed by atoms with van der Waals surface area (Å²) in [6.07, 6.45) is 0.140. The van der Waals surface area contributed by atoms with Gasteiger partial charge in [0.05, 0.1) is 25.3 Å². The third kappa shape index (κ3) is 2.48. The summed E-state index contributed by atoms with van der Waals surface area (Å²) in [4.78, 5) is 13.6. The van der Waals surface area contributed by atoms with Gasteiger partial charge in [-0.2, -0.15) is 0 Å². The lowest BCUT2D eigenvalue weighted by atomic mass is 10.1. The quantitative estimate of drug-likeness (QED) is 0.605. The molecule has 2 aliphatic rings. The molecule has 2 aliphatic heterocycles. The minimum Gasteiger partial charge on any atom is -0.373 e. The van der Waals surface area contributed by atoms with E-state index in [-0.39, 0.29) is 18.1 Å². The van der Waals surface area contributed by atoms with Gasteiger partial charge in [0, 0.05) is 26.2 Å². The fourth-order valence-electron chi connectivity index (χ4n) is 2.15. The fourth-order valence-corrected chi connectivity index (χ4v) is 2.15. The molecular formula is C10H19N3O2. The van der Waals surface area contributed by atoms with Crippen LogP contribution in [0, 0.1) is 0 Å². The molecule has 2 N–H and O–H groups in total. The van der Waals surface area contributed by atoms with Crippen LogP contribution in [0.5, 0.6) is 0 Å². The highest BCUT2D eigenvalue weighted by atomic mass is 16.5. The van der Waals surface area contributed by atoms with Gasteiger partial charge in [-0.25, -0.2) is 0 Å². The maximum atomic E-state index is 11.7. The van der Waals surface area contributed by atoms with Crippen molar-refractivity contribution in [2.75, 3.05) is 39.3 Å². The summed E-state index contributed by atoms with van der Waals surface area (Å²) in [6.45, 7) is 6.72. The van der Waals surface area contributed by atoms with Gasteiger partial charge in [0.25, 0.3) is 0 Å². The zero-order chi connectivity index (χ0) is 10.7. The van der Waals surface area contributed by atoms with E-state index in [0.29, 0.717) is 6.54 Å². The number of carbonyl (C=O) groups excluding carboxylic acids is 1. The Morgan fingerprint density at radius 1 is 1.47 bits per heavy atom. The first kappa shape index (κ1) is 10.9. The maximum Gasteiger partial charge on any atom is 0.236 e. The van der Waals surface area contributed by atoms with Gasteiger partial charge in [0.15, 0.2) is 0 Å². The molecule has 2 rings (SSSR count). The Balaban J connectivity index is 1.92. The van der Waals surface area contributed by atoms with E-state index in [4.69, 9.17) is 4.74 Å². The van der Waals surface area contributed by atoms with Gasteiger partial charge in [0.2, 0.25) is 5.91 Å². The van der Waals surface area contributed by atoms with E-state index in [2.05, 4.69) is 17.6 Å². The van der Waals surface area contributed by atoms with Crippen molar-refractivity contribution in [2.24, 2.45) is 0 Å². The second-order valence-electron chi connectivity index (χ2n) is 4.12. The van der Waals surface area contributed by atoms with Crippen molar-refractivity contribution in [3.63, 3.8) is 0 Å². The average Bonchev–Trinajstić information content (AvgIpc) is 2.30. The van der Waals surface area contributed by atoms with Crippen LogP contribution in [-0.2, 0) is 9.53 Å². The Bertz CT molecular complexity index is 229. The molecule has 2 saturated heterocycles. The number of ether oxygens (including phenoxy) is 1. The maximum absolute atomic E-state index is 11.7. The molecule has 2 unspecified atom stereocenters. The Hall–Kier alpha value is -0.650. The first-order valence-corrected chi connectivity index (χ1v) is 5.61. The predicted molar refractivity (Wildman–Crippen MR) is 56.7 cm³/mol. The summed E-state index contributed by atoms with van der Waals surface area (Å²) >= 11 is 0. The lowest BCUT2D eigenvalue weighted by Gasteiger charge is -2.38. The van der Waals surface area contributed by atoms with Crippen molar-refractivity contribution < 1.29 is 9.53 Å². The van der Waals surface area contributed by atoms with E-state index in [1.165, 1.54) is 0 Å². The molecule has 0 aromatic carbocycles. The van der Waals surface area contributed by atoms with Gasteiger partial charge < -0.3 is 20.3 Å². The smallest absolute Gasteiger partial charge is 0.236 e. The molecule has 2 atom stereocenters. The number of hydrogen-bond donors (Lipinski definition) is 2. The molecule has 86 valence electrons. The minimum absolute atomic E-state index is 0.140. The molecule has 0 bridgehead atoms. The number of rotatable bonds is 2. The number of morpholine rings is 1. The minimum atomic E-state index is 0.140. The molecule has 5 heteroatoms. The average molecular weight is 213 g/mol. The largest absolute Gasteiger partial charge is 0.373 e. The molecule has 0 aromatic rings. The summed E-state index contributed by atoms with van der Waals surface area (Å²) in [5.74, 6) is 0.183. The van der Waals surface area contributed by atoms with Crippen molar-refractivity contribution in [3.05, 3.63) is 0 Å². The van der Waals surface area contributed by atoms with Crippen molar-refractivity contribution in [1.82, 2.24) is 15.5 Å². The number of nitrogens with one attached hydrogen (secondary N) is 2. The van der Waals surface area contributed by atoms with Crippen LogP contribution in [0.4, 0.5) is 0 Å². The SMILES string of the molecule is CC(C1CNCCO1)N1CCNCC1=O. The highest BCUT2D eigenvalue weighted by Gasteiger charge is 2.30. The number of carbonyl (C=O) groups is 1. The first-order valence-electron chi connectivity index (χ1n) is 5.61. The summed E-state index contributed by atoms with van der Waals surface area (Å²) in [6, 6.07) is 0.174. The standard InChI is InChI=1S/C10H19N3O2/c1-8(9-6-12-3-5-15-9)13-4-2-11-7-10(13)14/h8-9,11-12H,2-7H2,1H3. The molecule has 0 aliphatic carbocycles. The van der Waals surface area contributed by atoms with E-state index < -0.39 is 0 Å². The molecule has 5 nitrogen and oxygen atoms in total. The number of amides is 1. The van der Waals surface area contributed by atoms with Crippen LogP contribution >= 0.6 is 0 Å². The van der Waals surface area contributed by atoms with Crippen LogP contribution in [0.3, 0.4) is 0 Å². The summed E-state index contributed by atoms with van der Waals surface area (Å²) in [5, 5.41) is 6.37. The molecule has 1 amide bonds. The Kier molecular flexibility index (Phi) is 3.56. The second-order valence-corrected chi connectivity index (χ2v) is 4.12. The van der Waals surface area contributed by atoms with Gasteiger partial charge in [-0.1, -0.05) is 0 Å². The molecule has 15 heavy (non-hydrogen) atoms. The van der Waals surface area contributed by atoms with Gasteiger partial charge in [-0.3, -0.25) is 4.79 Å². The van der Waals surface area contributed by atoms with Crippen molar-refractivity contribution in [2.45, 2.75) is 19.1 Å².